The zero-order valence-corrected chi connectivity index (χ0v) is 15.2. The van der Waals surface area contributed by atoms with Gasteiger partial charge in [0.2, 0.25) is 0 Å². The number of methoxy groups -OCH3 is 1. The highest BCUT2D eigenvalue weighted by Crippen LogP contribution is 2.28. The van der Waals surface area contributed by atoms with Gasteiger partial charge in [-0.1, -0.05) is 11.6 Å². The lowest BCUT2D eigenvalue weighted by atomic mass is 10.1. The normalized spacial score (nSPS) is 10.3. The number of furan rings is 1. The first-order chi connectivity index (χ1) is 13.1. The van der Waals surface area contributed by atoms with Crippen molar-refractivity contribution in [3.05, 3.63) is 82.8 Å². The lowest BCUT2D eigenvalue weighted by molar-refractivity contribution is 0.0946. The van der Waals surface area contributed by atoms with Gasteiger partial charge in [-0.25, -0.2) is 0 Å². The molecule has 2 aromatic carbocycles. The fraction of sp³-hybridized carbons (Fsp3) is 0.100. The molecule has 0 spiro atoms. The highest BCUT2D eigenvalue weighted by molar-refractivity contribution is 6.31. The Balaban J connectivity index is 1.65. The number of hydrogen-bond donors (Lipinski definition) is 2. The molecule has 0 aliphatic heterocycles. The van der Waals surface area contributed by atoms with Crippen molar-refractivity contribution in [3.8, 4) is 5.75 Å². The Kier molecular flexibility index (Phi) is 5.78. The Morgan fingerprint density at radius 3 is 2.37 bits per heavy atom. The molecule has 7 heteroatoms. The van der Waals surface area contributed by atoms with Crippen molar-refractivity contribution in [2.45, 2.75) is 6.54 Å². The summed E-state index contributed by atoms with van der Waals surface area (Å²) >= 11 is 5.97. The maximum Gasteiger partial charge on any atom is 0.255 e. The number of amides is 2. The summed E-state index contributed by atoms with van der Waals surface area (Å²) in [6.45, 7) is 0.294. The zero-order valence-electron chi connectivity index (χ0n) is 14.5. The highest BCUT2D eigenvalue weighted by atomic mass is 35.5. The van der Waals surface area contributed by atoms with Crippen LogP contribution in [-0.4, -0.2) is 18.9 Å². The van der Waals surface area contributed by atoms with E-state index in [0.717, 1.165) is 0 Å². The number of hydrogen-bond acceptors (Lipinski definition) is 4. The van der Waals surface area contributed by atoms with Crippen LogP contribution in [0.5, 0.6) is 5.75 Å². The Hall–Kier alpha value is -3.25. The second-order valence-electron chi connectivity index (χ2n) is 5.64. The van der Waals surface area contributed by atoms with Crippen molar-refractivity contribution in [2.24, 2.45) is 0 Å². The highest BCUT2D eigenvalue weighted by Gasteiger charge is 2.12. The Labute approximate surface area is 161 Å². The molecule has 0 saturated carbocycles. The summed E-state index contributed by atoms with van der Waals surface area (Å²) in [5.41, 5.74) is 1.31. The number of ether oxygens (including phenoxy) is 1. The molecule has 0 atom stereocenters. The van der Waals surface area contributed by atoms with E-state index >= 15 is 0 Å². The van der Waals surface area contributed by atoms with E-state index in [1.54, 1.807) is 60.9 Å². The maximum absolute atomic E-state index is 12.4. The number of nitrogens with one attached hydrogen (secondary N) is 2. The lowest BCUT2D eigenvalue weighted by Gasteiger charge is -2.11. The fourth-order valence-corrected chi connectivity index (χ4v) is 2.60. The average molecular weight is 385 g/mol. The van der Waals surface area contributed by atoms with E-state index < -0.39 is 0 Å². The second kappa shape index (κ2) is 8.42. The SMILES string of the molecule is COc1ccc(Cl)cc1NC(=O)c1ccc(C(=O)NCc2ccco2)cc1. The minimum absolute atomic E-state index is 0.255. The molecule has 1 heterocycles. The zero-order chi connectivity index (χ0) is 19.2. The van der Waals surface area contributed by atoms with Gasteiger partial charge in [-0.05, 0) is 54.6 Å². The number of benzene rings is 2. The molecular weight excluding hydrogens is 368 g/mol. The Morgan fingerprint density at radius 1 is 1.04 bits per heavy atom. The second-order valence-corrected chi connectivity index (χ2v) is 6.07. The summed E-state index contributed by atoms with van der Waals surface area (Å²) in [5.74, 6) is 0.574. The molecular formula is C20H17ClN2O4. The topological polar surface area (TPSA) is 80.6 Å². The smallest absolute Gasteiger partial charge is 0.255 e. The van der Waals surface area contributed by atoms with Gasteiger partial charge in [-0.15, -0.1) is 0 Å². The molecule has 2 N–H and O–H groups in total. The van der Waals surface area contributed by atoms with Crippen LogP contribution in [0, 0.1) is 0 Å². The van der Waals surface area contributed by atoms with Crippen LogP contribution in [0.15, 0.2) is 65.3 Å². The van der Waals surface area contributed by atoms with Gasteiger partial charge in [0.1, 0.15) is 11.5 Å². The first-order valence-corrected chi connectivity index (χ1v) is 8.50. The molecule has 0 aliphatic carbocycles. The van der Waals surface area contributed by atoms with Crippen molar-refractivity contribution < 1.29 is 18.7 Å². The molecule has 0 radical (unpaired) electrons. The van der Waals surface area contributed by atoms with E-state index in [1.165, 1.54) is 7.11 Å². The van der Waals surface area contributed by atoms with Crippen LogP contribution < -0.4 is 15.4 Å². The van der Waals surface area contributed by atoms with Gasteiger partial charge >= 0.3 is 0 Å². The predicted octanol–water partition coefficient (Wildman–Crippen LogP) is 4.12. The third-order valence-electron chi connectivity index (χ3n) is 3.82. The molecule has 0 aliphatic rings. The van der Waals surface area contributed by atoms with Gasteiger partial charge in [0.25, 0.3) is 11.8 Å². The Bertz CT molecular complexity index is 937. The molecule has 0 fully saturated rings. The molecule has 3 aromatic rings. The van der Waals surface area contributed by atoms with E-state index in [4.69, 9.17) is 20.8 Å². The quantitative estimate of drug-likeness (QED) is 0.669. The largest absolute Gasteiger partial charge is 0.495 e. The first-order valence-electron chi connectivity index (χ1n) is 8.12. The van der Waals surface area contributed by atoms with Crippen LogP contribution >= 0.6 is 11.6 Å². The van der Waals surface area contributed by atoms with Crippen LogP contribution in [-0.2, 0) is 6.54 Å². The molecule has 138 valence electrons. The standard InChI is InChI=1S/C20H17ClN2O4/c1-26-18-9-8-15(21)11-17(18)23-20(25)14-6-4-13(5-7-14)19(24)22-12-16-3-2-10-27-16/h2-11H,12H2,1H3,(H,22,24)(H,23,25). The van der Waals surface area contributed by atoms with Crippen molar-refractivity contribution >= 4 is 29.1 Å². The number of halogens is 1. The van der Waals surface area contributed by atoms with Crippen molar-refractivity contribution in [1.29, 1.82) is 0 Å². The van der Waals surface area contributed by atoms with E-state index in [-0.39, 0.29) is 11.8 Å². The van der Waals surface area contributed by atoms with Crippen LogP contribution in [0.4, 0.5) is 5.69 Å². The van der Waals surface area contributed by atoms with Gasteiger partial charge in [-0.3, -0.25) is 9.59 Å². The summed E-state index contributed by atoms with van der Waals surface area (Å²) in [4.78, 5) is 24.6. The summed E-state index contributed by atoms with van der Waals surface area (Å²) in [6, 6.07) is 14.8. The summed E-state index contributed by atoms with van der Waals surface area (Å²) in [6.07, 6.45) is 1.55. The van der Waals surface area contributed by atoms with Gasteiger partial charge in [0, 0.05) is 16.1 Å². The van der Waals surface area contributed by atoms with Crippen LogP contribution in [0.25, 0.3) is 0 Å². The summed E-state index contributed by atoms with van der Waals surface area (Å²) < 4.78 is 10.4. The minimum atomic E-state index is -0.335. The maximum atomic E-state index is 12.4. The van der Waals surface area contributed by atoms with E-state index in [0.29, 0.717) is 39.9 Å². The van der Waals surface area contributed by atoms with Gasteiger partial charge < -0.3 is 19.8 Å². The average Bonchev–Trinajstić information content (AvgIpc) is 3.20. The van der Waals surface area contributed by atoms with Crippen molar-refractivity contribution in [3.63, 3.8) is 0 Å². The number of rotatable bonds is 6. The number of carbonyl (C=O) groups is 2. The van der Waals surface area contributed by atoms with Crippen LogP contribution in [0.3, 0.4) is 0 Å². The molecule has 0 saturated heterocycles. The van der Waals surface area contributed by atoms with Gasteiger partial charge in [0.05, 0.1) is 25.6 Å². The molecule has 2 amide bonds. The molecule has 0 unspecified atom stereocenters. The van der Waals surface area contributed by atoms with Crippen molar-refractivity contribution in [1.82, 2.24) is 5.32 Å². The molecule has 0 bridgehead atoms. The minimum Gasteiger partial charge on any atom is -0.495 e. The molecule has 27 heavy (non-hydrogen) atoms. The van der Waals surface area contributed by atoms with Crippen LogP contribution in [0.2, 0.25) is 5.02 Å². The van der Waals surface area contributed by atoms with Crippen LogP contribution in [0.1, 0.15) is 26.5 Å². The third kappa shape index (κ3) is 4.68. The van der Waals surface area contributed by atoms with E-state index in [2.05, 4.69) is 10.6 Å². The lowest BCUT2D eigenvalue weighted by Crippen LogP contribution is -2.22. The predicted molar refractivity (Wildman–Crippen MR) is 102 cm³/mol. The summed E-state index contributed by atoms with van der Waals surface area (Å²) in [5, 5.41) is 5.98. The Morgan fingerprint density at radius 2 is 1.74 bits per heavy atom. The molecule has 1 aromatic heterocycles. The first kappa shape index (κ1) is 18.5. The van der Waals surface area contributed by atoms with E-state index in [1.807, 2.05) is 0 Å². The van der Waals surface area contributed by atoms with Gasteiger partial charge in [0.15, 0.2) is 0 Å². The number of carbonyl (C=O) groups excluding carboxylic acids is 2. The third-order valence-corrected chi connectivity index (χ3v) is 4.06. The molecule has 6 nitrogen and oxygen atoms in total. The fourth-order valence-electron chi connectivity index (χ4n) is 2.43. The van der Waals surface area contributed by atoms with Crippen molar-refractivity contribution in [2.75, 3.05) is 12.4 Å². The van der Waals surface area contributed by atoms with E-state index in [9.17, 15) is 9.59 Å². The monoisotopic (exact) mass is 384 g/mol. The summed E-state index contributed by atoms with van der Waals surface area (Å²) in [7, 11) is 1.51. The molecule has 3 rings (SSSR count). The van der Waals surface area contributed by atoms with Gasteiger partial charge in [-0.2, -0.15) is 0 Å². The number of anilines is 1.